The van der Waals surface area contributed by atoms with E-state index >= 15 is 0 Å². The fraction of sp³-hybridized carbons (Fsp3) is 1.00. The molecule has 0 N–H and O–H groups in total. The van der Waals surface area contributed by atoms with Crippen molar-refractivity contribution in [3.05, 3.63) is 0 Å². The van der Waals surface area contributed by atoms with Gasteiger partial charge in [-0.1, -0.05) is 0 Å². The molecule has 1 spiro atoms. The Morgan fingerprint density at radius 2 is 1.86 bits per heavy atom. The van der Waals surface area contributed by atoms with E-state index in [4.69, 9.17) is 4.74 Å². The minimum Gasteiger partial charge on any atom is -0.381 e. The molecule has 78 valence electrons. The third-order valence-electron chi connectivity index (χ3n) is 6.07. The molecule has 4 saturated carbocycles. The highest BCUT2D eigenvalue weighted by Gasteiger charge is 2.77. The molecule has 1 heteroatoms. The number of fused-ring (bicyclic) bond motifs is 1. The minimum atomic E-state index is 0.649. The second-order valence-electron chi connectivity index (χ2n) is 6.40. The first-order chi connectivity index (χ1) is 6.79. The third-order valence-corrected chi connectivity index (χ3v) is 6.07. The van der Waals surface area contributed by atoms with Gasteiger partial charge in [0.15, 0.2) is 0 Å². The van der Waals surface area contributed by atoms with Crippen LogP contribution < -0.4 is 0 Å². The molecule has 0 aromatic carbocycles. The van der Waals surface area contributed by atoms with E-state index in [1.807, 2.05) is 0 Å². The maximum Gasteiger partial charge on any atom is 0.0522 e. The Morgan fingerprint density at radius 1 is 1.14 bits per heavy atom. The Morgan fingerprint density at radius 3 is 2.36 bits per heavy atom. The molecule has 14 heavy (non-hydrogen) atoms. The third kappa shape index (κ3) is 0.651. The van der Waals surface area contributed by atoms with E-state index in [0.717, 1.165) is 36.4 Å². The van der Waals surface area contributed by atoms with E-state index in [1.54, 1.807) is 19.3 Å². The van der Waals surface area contributed by atoms with Gasteiger partial charge >= 0.3 is 0 Å². The van der Waals surface area contributed by atoms with E-state index in [1.165, 1.54) is 12.8 Å². The van der Waals surface area contributed by atoms with E-state index < -0.39 is 0 Å². The van der Waals surface area contributed by atoms with Crippen molar-refractivity contribution in [1.29, 1.82) is 0 Å². The molecule has 1 nitrogen and oxygen atoms in total. The predicted molar refractivity (Wildman–Crippen MR) is 54.9 cm³/mol. The number of hydrogen-bond donors (Lipinski definition) is 0. The van der Waals surface area contributed by atoms with Crippen molar-refractivity contribution in [3.63, 3.8) is 0 Å². The fourth-order valence-corrected chi connectivity index (χ4v) is 5.73. The first-order valence-corrected chi connectivity index (χ1v) is 6.37. The summed E-state index contributed by atoms with van der Waals surface area (Å²) in [4.78, 5) is 0. The molecule has 0 saturated heterocycles. The highest BCUT2D eigenvalue weighted by Crippen LogP contribution is 2.84. The maximum absolute atomic E-state index is 5.73. The molecular weight excluding hydrogens is 172 g/mol. The SMILES string of the molecule is CCOCC12CC3CC4CC(C1)C43C2. The standard InChI is InChI=1S/C13H20O/c1-2-14-8-12-5-10-3-9-4-11(6-12)13(9,10)7-12/h9-11H,2-8H2,1H3. The average Bonchev–Trinajstić information content (AvgIpc) is 2.60. The van der Waals surface area contributed by atoms with Crippen LogP contribution >= 0.6 is 0 Å². The van der Waals surface area contributed by atoms with Crippen LogP contribution in [0.5, 0.6) is 0 Å². The van der Waals surface area contributed by atoms with Gasteiger partial charge in [-0.05, 0) is 67.6 Å². The van der Waals surface area contributed by atoms with Crippen molar-refractivity contribution in [2.45, 2.75) is 39.0 Å². The Balaban J connectivity index is 1.61. The van der Waals surface area contributed by atoms with Crippen LogP contribution in [-0.2, 0) is 4.74 Å². The quantitative estimate of drug-likeness (QED) is 0.668. The number of ether oxygens (including phenoxy) is 1. The minimum absolute atomic E-state index is 0.649. The van der Waals surface area contributed by atoms with E-state index in [0.29, 0.717) is 5.41 Å². The molecule has 0 aromatic heterocycles. The second kappa shape index (κ2) is 2.21. The van der Waals surface area contributed by atoms with Crippen molar-refractivity contribution >= 4 is 0 Å². The van der Waals surface area contributed by atoms with Gasteiger partial charge < -0.3 is 4.74 Å². The summed E-state index contributed by atoms with van der Waals surface area (Å²) >= 11 is 0. The first kappa shape index (κ1) is 8.15. The zero-order valence-corrected chi connectivity index (χ0v) is 9.09. The highest BCUT2D eigenvalue weighted by atomic mass is 16.5. The van der Waals surface area contributed by atoms with Crippen LogP contribution in [0.4, 0.5) is 0 Å². The zero-order valence-electron chi connectivity index (χ0n) is 9.09. The first-order valence-electron chi connectivity index (χ1n) is 6.37. The molecule has 2 unspecified atom stereocenters. The van der Waals surface area contributed by atoms with Gasteiger partial charge in [-0.2, -0.15) is 0 Å². The molecule has 4 aliphatic rings. The van der Waals surface area contributed by atoms with Crippen LogP contribution in [0.1, 0.15) is 39.0 Å². The van der Waals surface area contributed by atoms with Crippen LogP contribution in [0.15, 0.2) is 0 Å². The van der Waals surface area contributed by atoms with E-state index in [9.17, 15) is 0 Å². The molecule has 0 amide bonds. The normalized spacial score (nSPS) is 61.9. The fourth-order valence-electron chi connectivity index (χ4n) is 5.73. The molecule has 2 atom stereocenters. The summed E-state index contributed by atoms with van der Waals surface area (Å²) < 4.78 is 5.73. The zero-order chi connectivity index (χ0) is 9.39. The molecule has 4 fully saturated rings. The maximum atomic E-state index is 5.73. The average molecular weight is 192 g/mol. The van der Waals surface area contributed by atoms with Crippen LogP contribution in [-0.4, -0.2) is 13.2 Å². The van der Waals surface area contributed by atoms with Crippen molar-refractivity contribution in [2.75, 3.05) is 13.2 Å². The van der Waals surface area contributed by atoms with Gasteiger partial charge in [-0.3, -0.25) is 0 Å². The van der Waals surface area contributed by atoms with Crippen molar-refractivity contribution in [3.8, 4) is 0 Å². The topological polar surface area (TPSA) is 9.23 Å². The van der Waals surface area contributed by atoms with Crippen LogP contribution in [0.2, 0.25) is 0 Å². The Hall–Kier alpha value is -0.0400. The lowest BCUT2D eigenvalue weighted by molar-refractivity contribution is -0.178. The summed E-state index contributed by atoms with van der Waals surface area (Å²) in [6.45, 7) is 4.11. The predicted octanol–water partition coefficient (Wildman–Crippen LogP) is 2.85. The Kier molecular flexibility index (Phi) is 1.29. The summed E-state index contributed by atoms with van der Waals surface area (Å²) in [6, 6.07) is 0. The van der Waals surface area contributed by atoms with E-state index in [-0.39, 0.29) is 0 Å². The molecule has 0 radical (unpaired) electrons. The monoisotopic (exact) mass is 192 g/mol. The lowest BCUT2D eigenvalue weighted by Crippen LogP contribution is -2.59. The Labute approximate surface area is 86.2 Å². The summed E-state index contributed by atoms with van der Waals surface area (Å²) in [7, 11) is 0. The highest BCUT2D eigenvalue weighted by molar-refractivity contribution is 5.26. The summed E-state index contributed by atoms with van der Waals surface area (Å²) in [5, 5.41) is 0. The van der Waals surface area contributed by atoms with Crippen molar-refractivity contribution in [2.24, 2.45) is 28.6 Å². The molecular formula is C13H20O. The second-order valence-corrected chi connectivity index (χ2v) is 6.40. The number of rotatable bonds is 3. The van der Waals surface area contributed by atoms with E-state index in [2.05, 4.69) is 6.92 Å². The van der Waals surface area contributed by atoms with Crippen LogP contribution in [0.25, 0.3) is 0 Å². The van der Waals surface area contributed by atoms with Gasteiger partial charge in [-0.25, -0.2) is 0 Å². The lowest BCUT2D eigenvalue weighted by Gasteiger charge is -2.66. The van der Waals surface area contributed by atoms with Gasteiger partial charge in [0.1, 0.15) is 0 Å². The number of hydrogen-bond acceptors (Lipinski definition) is 1. The Bertz CT molecular complexity index is 267. The molecule has 0 heterocycles. The smallest absolute Gasteiger partial charge is 0.0522 e. The van der Waals surface area contributed by atoms with Gasteiger partial charge in [0.05, 0.1) is 6.61 Å². The molecule has 4 aliphatic carbocycles. The molecule has 4 rings (SSSR count). The molecule has 2 bridgehead atoms. The molecule has 0 aliphatic heterocycles. The molecule has 0 aromatic rings. The largest absolute Gasteiger partial charge is 0.381 e. The van der Waals surface area contributed by atoms with Crippen LogP contribution in [0, 0.1) is 28.6 Å². The van der Waals surface area contributed by atoms with Crippen molar-refractivity contribution in [1.82, 2.24) is 0 Å². The van der Waals surface area contributed by atoms with Crippen molar-refractivity contribution < 1.29 is 4.74 Å². The van der Waals surface area contributed by atoms with Gasteiger partial charge in [0.2, 0.25) is 0 Å². The van der Waals surface area contributed by atoms with Gasteiger partial charge in [0, 0.05) is 6.61 Å². The lowest BCUT2D eigenvalue weighted by atomic mass is 9.38. The summed E-state index contributed by atoms with van der Waals surface area (Å²) in [6.07, 6.45) is 7.72. The summed E-state index contributed by atoms with van der Waals surface area (Å²) in [5.74, 6) is 3.41. The summed E-state index contributed by atoms with van der Waals surface area (Å²) in [5.41, 5.74) is 1.54. The van der Waals surface area contributed by atoms with Gasteiger partial charge in [0.25, 0.3) is 0 Å². The van der Waals surface area contributed by atoms with Crippen LogP contribution in [0.3, 0.4) is 0 Å². The van der Waals surface area contributed by atoms with Gasteiger partial charge in [-0.15, -0.1) is 0 Å².